The average molecular weight is 559 g/mol. The zero-order valence-electron chi connectivity index (χ0n) is 24.3. The summed E-state index contributed by atoms with van der Waals surface area (Å²) >= 11 is 1.66. The summed E-state index contributed by atoms with van der Waals surface area (Å²) in [6, 6.07) is 6.56. The molecule has 3 aliphatic heterocycles. The fourth-order valence-electron chi connectivity index (χ4n) is 7.15. The molecule has 0 saturated carbocycles. The Morgan fingerprint density at radius 1 is 1.13 bits per heavy atom. The molecule has 39 heavy (non-hydrogen) atoms. The molecule has 3 N–H and O–H groups in total. The predicted molar refractivity (Wildman–Crippen MR) is 158 cm³/mol. The molecule has 3 heterocycles. The molecule has 1 aromatic carbocycles. The van der Waals surface area contributed by atoms with E-state index in [1.807, 2.05) is 45.0 Å². The monoisotopic (exact) mass is 558 g/mol. The molecule has 1 spiro atoms. The lowest BCUT2D eigenvalue weighted by Gasteiger charge is -2.39. The Morgan fingerprint density at radius 2 is 1.79 bits per heavy atom. The van der Waals surface area contributed by atoms with Crippen molar-refractivity contribution < 1.29 is 19.5 Å². The van der Waals surface area contributed by atoms with Gasteiger partial charge in [-0.1, -0.05) is 27.2 Å². The van der Waals surface area contributed by atoms with Crippen LogP contribution in [0, 0.1) is 17.8 Å². The third-order valence-corrected chi connectivity index (χ3v) is 11.4. The number of benzene rings is 1. The van der Waals surface area contributed by atoms with Crippen LogP contribution in [0.3, 0.4) is 0 Å². The first-order chi connectivity index (χ1) is 18.6. The Balaban J connectivity index is 1.72. The number of amides is 3. The molecule has 8 nitrogen and oxygen atoms in total. The number of nitrogens with zero attached hydrogens (tertiary/aromatic N) is 2. The SMILES string of the molecule is CCCNC(=O)[C@@H]1[C@H]2C(=O)N([C@@H](CO)[C@@H](C)CC)C(C(=O)Nc3ccc(N(CC)CC)cc3)C23CC[C@@]1(C)S3. The number of aliphatic hydroxyl groups excluding tert-OH is 1. The summed E-state index contributed by atoms with van der Waals surface area (Å²) in [5.41, 5.74) is 1.76. The van der Waals surface area contributed by atoms with Gasteiger partial charge in [0.1, 0.15) is 6.04 Å². The van der Waals surface area contributed by atoms with Gasteiger partial charge in [0, 0.05) is 35.8 Å². The van der Waals surface area contributed by atoms with E-state index in [1.165, 1.54) is 0 Å². The van der Waals surface area contributed by atoms with Crippen molar-refractivity contribution in [1.82, 2.24) is 10.2 Å². The third-order valence-electron chi connectivity index (χ3n) is 9.40. The van der Waals surface area contributed by atoms with Crippen LogP contribution in [0.25, 0.3) is 0 Å². The highest BCUT2D eigenvalue weighted by atomic mass is 32.2. The first-order valence-corrected chi connectivity index (χ1v) is 15.5. The molecular weight excluding hydrogens is 512 g/mol. The smallest absolute Gasteiger partial charge is 0.248 e. The quantitative estimate of drug-likeness (QED) is 0.360. The van der Waals surface area contributed by atoms with Crippen molar-refractivity contribution in [2.75, 3.05) is 36.5 Å². The second-order valence-corrected chi connectivity index (χ2v) is 13.5. The number of carbonyl (C=O) groups excluding carboxylic acids is 3. The average Bonchev–Trinajstić information content (AvgIpc) is 3.50. The van der Waals surface area contributed by atoms with Gasteiger partial charge in [-0.2, -0.15) is 0 Å². The lowest BCUT2D eigenvalue weighted by atomic mass is 9.66. The topological polar surface area (TPSA) is 102 Å². The first-order valence-electron chi connectivity index (χ1n) is 14.7. The highest BCUT2D eigenvalue weighted by Gasteiger charge is 2.77. The van der Waals surface area contributed by atoms with Gasteiger partial charge in [0.2, 0.25) is 17.7 Å². The molecular formula is C30H46N4O4S. The molecule has 0 radical (unpaired) electrons. The van der Waals surface area contributed by atoms with Crippen LogP contribution in [0.5, 0.6) is 0 Å². The maximum absolute atomic E-state index is 14.3. The van der Waals surface area contributed by atoms with Crippen LogP contribution in [0.2, 0.25) is 0 Å². The minimum atomic E-state index is -0.764. The summed E-state index contributed by atoms with van der Waals surface area (Å²) in [6.07, 6.45) is 3.04. The zero-order valence-corrected chi connectivity index (χ0v) is 25.1. The molecule has 3 saturated heterocycles. The van der Waals surface area contributed by atoms with Crippen molar-refractivity contribution in [1.29, 1.82) is 0 Å². The number of thioether (sulfide) groups is 1. The Labute approximate surface area is 237 Å². The molecule has 2 bridgehead atoms. The van der Waals surface area contributed by atoms with Gasteiger partial charge in [0.15, 0.2) is 0 Å². The van der Waals surface area contributed by atoms with Crippen molar-refractivity contribution in [3.8, 4) is 0 Å². The molecule has 3 aliphatic rings. The Morgan fingerprint density at radius 3 is 2.36 bits per heavy atom. The van der Waals surface area contributed by atoms with Crippen LogP contribution in [-0.4, -0.2) is 75.5 Å². The standard InChI is InChI=1S/C30H46N4O4S/c1-7-17-31-26(36)23-24-28(38)34(22(18-35)19(5)8-2)25(30(24)16-15-29(23,6)39-30)27(37)32-20-11-13-21(14-12-20)33(9-3)10-4/h11-14,19,22-25,35H,7-10,15-18H2,1-6H3,(H,31,36)(H,32,37)/t19-,22-,23-,24-,25?,29+,30?/m0/s1. The number of likely N-dealkylation sites (tertiary alicyclic amines) is 1. The number of hydrogen-bond donors (Lipinski definition) is 3. The molecule has 9 heteroatoms. The zero-order chi connectivity index (χ0) is 28.5. The number of aliphatic hydroxyl groups is 1. The van der Waals surface area contributed by atoms with Gasteiger partial charge in [-0.3, -0.25) is 14.4 Å². The summed E-state index contributed by atoms with van der Waals surface area (Å²) in [5.74, 6) is -1.59. The number of anilines is 2. The normalized spacial score (nSPS) is 30.7. The molecule has 3 fully saturated rings. The van der Waals surface area contributed by atoms with Crippen molar-refractivity contribution in [3.05, 3.63) is 24.3 Å². The Bertz CT molecular complexity index is 1060. The van der Waals surface area contributed by atoms with E-state index in [4.69, 9.17) is 0 Å². The van der Waals surface area contributed by atoms with E-state index < -0.39 is 33.4 Å². The van der Waals surface area contributed by atoms with Crippen LogP contribution in [0.1, 0.15) is 67.2 Å². The van der Waals surface area contributed by atoms with Crippen LogP contribution in [-0.2, 0) is 14.4 Å². The molecule has 3 amide bonds. The Kier molecular flexibility index (Phi) is 8.91. The lowest BCUT2D eigenvalue weighted by Crippen LogP contribution is -2.56. The predicted octanol–water partition coefficient (Wildman–Crippen LogP) is 3.89. The van der Waals surface area contributed by atoms with Gasteiger partial charge < -0.3 is 25.5 Å². The van der Waals surface area contributed by atoms with E-state index in [1.54, 1.807) is 16.7 Å². The summed E-state index contributed by atoms with van der Waals surface area (Å²) in [7, 11) is 0. The molecule has 1 aromatic rings. The van der Waals surface area contributed by atoms with Gasteiger partial charge in [-0.15, -0.1) is 11.8 Å². The number of nitrogens with one attached hydrogen (secondary N) is 2. The summed E-state index contributed by atoms with van der Waals surface area (Å²) in [5, 5.41) is 16.6. The van der Waals surface area contributed by atoms with Crippen LogP contribution < -0.4 is 15.5 Å². The van der Waals surface area contributed by atoms with Gasteiger partial charge in [0.25, 0.3) is 0 Å². The number of rotatable bonds is 12. The van der Waals surface area contributed by atoms with Crippen molar-refractivity contribution in [2.24, 2.45) is 17.8 Å². The van der Waals surface area contributed by atoms with Crippen molar-refractivity contribution >= 4 is 40.9 Å². The highest BCUT2D eigenvalue weighted by Crippen LogP contribution is 2.71. The number of carbonyl (C=O) groups is 3. The second kappa shape index (κ2) is 11.7. The largest absolute Gasteiger partial charge is 0.394 e. The van der Waals surface area contributed by atoms with Crippen molar-refractivity contribution in [2.45, 2.75) is 88.8 Å². The molecule has 2 unspecified atom stereocenters. The maximum Gasteiger partial charge on any atom is 0.248 e. The second-order valence-electron chi connectivity index (χ2n) is 11.6. The van der Waals surface area contributed by atoms with Gasteiger partial charge in [0.05, 0.1) is 29.2 Å². The van der Waals surface area contributed by atoms with Crippen LogP contribution in [0.15, 0.2) is 24.3 Å². The van der Waals surface area contributed by atoms with Crippen LogP contribution in [0.4, 0.5) is 11.4 Å². The number of hydrogen-bond acceptors (Lipinski definition) is 6. The fourth-order valence-corrected chi connectivity index (χ4v) is 9.49. The van der Waals surface area contributed by atoms with E-state index in [0.29, 0.717) is 18.7 Å². The molecule has 0 aromatic heterocycles. The highest BCUT2D eigenvalue weighted by molar-refractivity contribution is 8.02. The van der Waals surface area contributed by atoms with Gasteiger partial charge >= 0.3 is 0 Å². The van der Waals surface area contributed by atoms with E-state index in [-0.39, 0.29) is 30.2 Å². The minimum Gasteiger partial charge on any atom is -0.394 e. The van der Waals surface area contributed by atoms with Crippen LogP contribution >= 0.6 is 11.8 Å². The van der Waals surface area contributed by atoms with E-state index >= 15 is 0 Å². The minimum absolute atomic E-state index is 0.00276. The van der Waals surface area contributed by atoms with E-state index in [2.05, 4.69) is 36.3 Å². The summed E-state index contributed by atoms with van der Waals surface area (Å²) in [4.78, 5) is 45.9. The molecule has 4 rings (SSSR count). The molecule has 216 valence electrons. The van der Waals surface area contributed by atoms with Gasteiger partial charge in [-0.25, -0.2) is 0 Å². The fraction of sp³-hybridized carbons (Fsp3) is 0.700. The maximum atomic E-state index is 14.3. The van der Waals surface area contributed by atoms with E-state index in [9.17, 15) is 19.5 Å². The summed E-state index contributed by atoms with van der Waals surface area (Å²) < 4.78 is -1.11. The van der Waals surface area contributed by atoms with Crippen molar-refractivity contribution in [3.63, 3.8) is 0 Å². The van der Waals surface area contributed by atoms with Gasteiger partial charge in [-0.05, 0) is 70.2 Å². The molecule has 7 atom stereocenters. The Hall–Kier alpha value is -2.26. The third kappa shape index (κ3) is 4.94. The number of fused-ring (bicyclic) bond motifs is 1. The lowest BCUT2D eigenvalue weighted by molar-refractivity contribution is -0.143. The summed E-state index contributed by atoms with van der Waals surface area (Å²) in [6.45, 7) is 14.5. The first kappa shape index (κ1) is 29.7. The molecule has 0 aliphatic carbocycles. The van der Waals surface area contributed by atoms with E-state index in [0.717, 1.165) is 38.0 Å².